The Morgan fingerprint density at radius 1 is 1.53 bits per heavy atom. The Morgan fingerprint density at radius 2 is 2.21 bits per heavy atom. The maximum atomic E-state index is 12.2. The number of halogens is 2. The van der Waals surface area contributed by atoms with Gasteiger partial charge >= 0.3 is 0 Å². The quantitative estimate of drug-likeness (QED) is 0.785. The molecule has 1 saturated heterocycles. The lowest BCUT2D eigenvalue weighted by Crippen LogP contribution is -2.46. The number of rotatable bonds is 3. The molecule has 2 heterocycles. The van der Waals surface area contributed by atoms with E-state index in [1.165, 1.54) is 0 Å². The molecule has 1 atom stereocenters. The Balaban J connectivity index is 1.99. The molecule has 5 nitrogen and oxygen atoms in total. The third-order valence-electron chi connectivity index (χ3n) is 2.75. The highest BCUT2D eigenvalue weighted by Gasteiger charge is 2.24. The fourth-order valence-corrected chi connectivity index (χ4v) is 2.38. The molecule has 0 aromatic carbocycles. The Kier molecular flexibility index (Phi) is 5.01. The third-order valence-corrected chi connectivity index (χ3v) is 3.47. The van der Waals surface area contributed by atoms with E-state index in [2.05, 4.69) is 20.9 Å². The number of carbonyl (C=O) groups is 1. The van der Waals surface area contributed by atoms with Crippen molar-refractivity contribution < 1.29 is 14.3 Å². The van der Waals surface area contributed by atoms with Crippen LogP contribution in [0.15, 0.2) is 16.7 Å². The molecular formula is C12H14BrClN2O3. The second kappa shape index (κ2) is 6.54. The Hall–Kier alpha value is -0.850. The molecule has 0 bridgehead atoms. The van der Waals surface area contributed by atoms with Gasteiger partial charge in [0.25, 0.3) is 5.91 Å². The van der Waals surface area contributed by atoms with Crippen molar-refractivity contribution in [1.29, 1.82) is 0 Å². The second-order valence-electron chi connectivity index (χ2n) is 4.12. The van der Waals surface area contributed by atoms with Crippen LogP contribution < -0.4 is 4.74 Å². The fraction of sp³-hybridized carbons (Fsp3) is 0.500. The van der Waals surface area contributed by atoms with Gasteiger partial charge in [-0.2, -0.15) is 0 Å². The maximum Gasteiger partial charge on any atom is 0.263 e. The Bertz CT molecular complexity index is 466. The first-order valence-corrected chi connectivity index (χ1v) is 7.10. The molecule has 1 aromatic rings. The van der Waals surface area contributed by atoms with E-state index in [-0.39, 0.29) is 11.1 Å². The molecule has 0 spiro atoms. The Morgan fingerprint density at radius 3 is 2.84 bits per heavy atom. The lowest BCUT2D eigenvalue weighted by atomic mass is 10.3. The van der Waals surface area contributed by atoms with Crippen LogP contribution in [-0.2, 0) is 9.53 Å². The van der Waals surface area contributed by atoms with Crippen LogP contribution in [0.1, 0.15) is 6.92 Å². The van der Waals surface area contributed by atoms with Crippen LogP contribution in [0.5, 0.6) is 5.75 Å². The minimum absolute atomic E-state index is 0.0673. The van der Waals surface area contributed by atoms with E-state index in [1.54, 1.807) is 24.0 Å². The van der Waals surface area contributed by atoms with Crippen LogP contribution in [-0.4, -0.2) is 48.2 Å². The van der Waals surface area contributed by atoms with Gasteiger partial charge in [0.05, 0.1) is 13.2 Å². The molecule has 1 aromatic heterocycles. The molecule has 19 heavy (non-hydrogen) atoms. The number of amides is 1. The predicted molar refractivity (Wildman–Crippen MR) is 74.4 cm³/mol. The average molecular weight is 350 g/mol. The van der Waals surface area contributed by atoms with E-state index in [0.717, 1.165) is 0 Å². The van der Waals surface area contributed by atoms with Crippen LogP contribution in [0.25, 0.3) is 0 Å². The summed E-state index contributed by atoms with van der Waals surface area (Å²) >= 11 is 9.17. The first-order valence-electron chi connectivity index (χ1n) is 5.93. The first-order chi connectivity index (χ1) is 9.08. The third kappa shape index (κ3) is 3.81. The molecule has 0 aliphatic carbocycles. The number of hydrogen-bond acceptors (Lipinski definition) is 4. The number of aromatic nitrogens is 1. The summed E-state index contributed by atoms with van der Waals surface area (Å²) < 4.78 is 11.4. The van der Waals surface area contributed by atoms with Gasteiger partial charge in [-0.25, -0.2) is 4.98 Å². The zero-order chi connectivity index (χ0) is 13.8. The van der Waals surface area contributed by atoms with E-state index < -0.39 is 6.10 Å². The lowest BCUT2D eigenvalue weighted by molar-refractivity contribution is -0.142. The van der Waals surface area contributed by atoms with Gasteiger partial charge in [0.2, 0.25) is 0 Å². The SMILES string of the molecule is CC(Oc1ccc(Br)nc1Cl)C(=O)N1CCOCC1. The second-order valence-corrected chi connectivity index (χ2v) is 5.29. The number of hydrogen-bond donors (Lipinski definition) is 0. The van der Waals surface area contributed by atoms with Gasteiger partial charge in [-0.15, -0.1) is 0 Å². The topological polar surface area (TPSA) is 51.7 Å². The number of carbonyl (C=O) groups excluding carboxylic acids is 1. The molecule has 0 saturated carbocycles. The molecule has 7 heteroatoms. The van der Waals surface area contributed by atoms with E-state index in [1.807, 2.05) is 0 Å². The number of pyridine rings is 1. The first kappa shape index (κ1) is 14.6. The molecule has 1 fully saturated rings. The van der Waals surface area contributed by atoms with Gasteiger partial charge < -0.3 is 14.4 Å². The van der Waals surface area contributed by atoms with Gasteiger partial charge in [-0.1, -0.05) is 11.6 Å². The summed E-state index contributed by atoms with van der Waals surface area (Å²) in [6.45, 7) is 4.03. The summed E-state index contributed by atoms with van der Waals surface area (Å²) in [5.41, 5.74) is 0. The maximum absolute atomic E-state index is 12.2. The monoisotopic (exact) mass is 348 g/mol. The summed E-state index contributed by atoms with van der Waals surface area (Å²) in [4.78, 5) is 17.9. The van der Waals surface area contributed by atoms with E-state index in [4.69, 9.17) is 21.1 Å². The van der Waals surface area contributed by atoms with E-state index in [9.17, 15) is 4.79 Å². The van der Waals surface area contributed by atoms with Crippen molar-refractivity contribution in [3.8, 4) is 5.75 Å². The minimum Gasteiger partial charge on any atom is -0.478 e. The van der Waals surface area contributed by atoms with Crippen LogP contribution in [0.2, 0.25) is 5.15 Å². The average Bonchev–Trinajstić information content (AvgIpc) is 2.42. The summed E-state index contributed by atoms with van der Waals surface area (Å²) in [5, 5.41) is 0.232. The molecule has 1 unspecified atom stereocenters. The van der Waals surface area contributed by atoms with Crippen molar-refractivity contribution in [3.63, 3.8) is 0 Å². The number of morpholine rings is 1. The molecule has 1 aliphatic heterocycles. The molecule has 0 N–H and O–H groups in total. The highest BCUT2D eigenvalue weighted by Crippen LogP contribution is 2.25. The van der Waals surface area contributed by atoms with Crippen LogP contribution >= 0.6 is 27.5 Å². The van der Waals surface area contributed by atoms with E-state index >= 15 is 0 Å². The summed E-state index contributed by atoms with van der Waals surface area (Å²) in [5.74, 6) is 0.335. The minimum atomic E-state index is -0.599. The summed E-state index contributed by atoms with van der Waals surface area (Å²) in [6.07, 6.45) is -0.599. The molecule has 1 aliphatic rings. The molecular weight excluding hydrogens is 336 g/mol. The number of nitrogens with zero attached hydrogens (tertiary/aromatic N) is 2. The van der Waals surface area contributed by atoms with Gasteiger partial charge in [-0.05, 0) is 35.0 Å². The highest BCUT2D eigenvalue weighted by atomic mass is 79.9. The predicted octanol–water partition coefficient (Wildman–Crippen LogP) is 2.12. The molecule has 1 amide bonds. The summed E-state index contributed by atoms with van der Waals surface area (Å²) in [7, 11) is 0. The normalized spacial score (nSPS) is 17.1. The van der Waals surface area contributed by atoms with Crippen LogP contribution in [0.3, 0.4) is 0 Å². The largest absolute Gasteiger partial charge is 0.478 e. The standard InChI is InChI=1S/C12H14BrClN2O3/c1-8(12(17)16-4-6-18-7-5-16)19-9-2-3-10(13)15-11(9)14/h2-3,8H,4-7H2,1H3. The smallest absolute Gasteiger partial charge is 0.263 e. The van der Waals surface area contributed by atoms with Crippen molar-refractivity contribution in [1.82, 2.24) is 9.88 Å². The van der Waals surface area contributed by atoms with Gasteiger partial charge in [0.1, 0.15) is 4.60 Å². The fourth-order valence-electron chi connectivity index (χ4n) is 1.77. The van der Waals surface area contributed by atoms with Crippen LogP contribution in [0, 0.1) is 0 Å². The molecule has 2 rings (SSSR count). The zero-order valence-electron chi connectivity index (χ0n) is 10.4. The van der Waals surface area contributed by atoms with Crippen molar-refractivity contribution in [2.24, 2.45) is 0 Å². The van der Waals surface area contributed by atoms with Gasteiger partial charge in [0, 0.05) is 13.1 Å². The van der Waals surface area contributed by atoms with Crippen molar-refractivity contribution in [2.45, 2.75) is 13.0 Å². The number of ether oxygens (including phenoxy) is 2. The molecule has 0 radical (unpaired) electrons. The van der Waals surface area contributed by atoms with E-state index in [0.29, 0.717) is 36.7 Å². The van der Waals surface area contributed by atoms with Gasteiger partial charge in [-0.3, -0.25) is 4.79 Å². The highest BCUT2D eigenvalue weighted by molar-refractivity contribution is 9.10. The van der Waals surface area contributed by atoms with Gasteiger partial charge in [0.15, 0.2) is 17.0 Å². The van der Waals surface area contributed by atoms with Crippen molar-refractivity contribution in [2.75, 3.05) is 26.3 Å². The zero-order valence-corrected chi connectivity index (χ0v) is 12.8. The van der Waals surface area contributed by atoms with Crippen molar-refractivity contribution in [3.05, 3.63) is 21.9 Å². The van der Waals surface area contributed by atoms with Crippen LogP contribution in [0.4, 0.5) is 0 Å². The van der Waals surface area contributed by atoms with Crippen molar-refractivity contribution >= 4 is 33.4 Å². The molecule has 104 valence electrons. The lowest BCUT2D eigenvalue weighted by Gasteiger charge is -2.29. The summed E-state index contributed by atoms with van der Waals surface area (Å²) in [6, 6.07) is 3.40. The Labute approximate surface area is 125 Å².